The van der Waals surface area contributed by atoms with Crippen LogP contribution in [-0.4, -0.2) is 14.1 Å². The molecule has 3 aromatic heterocycles. The Labute approximate surface area is 309 Å². The Hall–Kier alpha value is -6.03. The van der Waals surface area contributed by atoms with Gasteiger partial charge < -0.3 is 18.4 Å². The summed E-state index contributed by atoms with van der Waals surface area (Å²) in [5.41, 5.74) is 12.0. The number of para-hydroxylation sites is 1. The van der Waals surface area contributed by atoms with E-state index in [1.54, 1.807) is 0 Å². The zero-order valence-electron chi connectivity index (χ0n) is 27.4. The maximum absolute atomic E-state index is 6.52. The number of aryl methyl sites for hydroxylation is 1. The third-order valence-electron chi connectivity index (χ3n) is 9.55. The maximum Gasteiger partial charge on any atom is 0.242 e. The number of hydrogen-bond acceptors (Lipinski definition) is 2. The van der Waals surface area contributed by atoms with Crippen LogP contribution in [0.15, 0.2) is 152 Å². The summed E-state index contributed by atoms with van der Waals surface area (Å²) in [6, 6.07) is 57.4. The minimum atomic E-state index is 0. The van der Waals surface area contributed by atoms with Gasteiger partial charge in [0.2, 0.25) is 6.33 Å². The fourth-order valence-corrected chi connectivity index (χ4v) is 7.45. The molecule has 246 valence electrons. The topological polar surface area (TPSA) is 35.9 Å². The van der Waals surface area contributed by atoms with E-state index in [2.05, 4.69) is 153 Å². The smallest absolute Gasteiger partial charge is 0.242 e. The molecule has 10 rings (SSSR count). The largest absolute Gasteiger partial charge is 0.510 e. The van der Waals surface area contributed by atoms with Crippen LogP contribution in [0.25, 0.3) is 78.1 Å². The number of hydrogen-bond donors (Lipinski definition) is 0. The van der Waals surface area contributed by atoms with Gasteiger partial charge in [0, 0.05) is 44.3 Å². The van der Waals surface area contributed by atoms with Crippen LogP contribution in [0, 0.1) is 18.5 Å². The second-order valence-electron chi connectivity index (χ2n) is 12.5. The van der Waals surface area contributed by atoms with E-state index in [1.807, 2.05) is 42.6 Å². The monoisotopic (exact) mass is 835 g/mol. The number of imidazole rings is 1. The van der Waals surface area contributed by atoms with Crippen molar-refractivity contribution in [3.05, 3.63) is 170 Å². The molecule has 9 aromatic rings. The molecule has 51 heavy (non-hydrogen) atoms. The van der Waals surface area contributed by atoms with Crippen LogP contribution in [-0.2, 0) is 28.1 Å². The molecule has 0 unspecified atom stereocenters. The first-order chi connectivity index (χ1) is 24.7. The first kappa shape index (κ1) is 31.0. The Morgan fingerprint density at radius 2 is 1.20 bits per heavy atom. The van der Waals surface area contributed by atoms with Crippen LogP contribution in [0.5, 0.6) is 11.5 Å². The van der Waals surface area contributed by atoms with E-state index in [4.69, 9.17) is 4.74 Å². The van der Waals surface area contributed by atoms with Crippen molar-refractivity contribution in [2.75, 3.05) is 0 Å². The summed E-state index contributed by atoms with van der Waals surface area (Å²) in [4.78, 5) is 4.66. The standard InChI is InChI=1S/C45H28N4O.Pt/c1-47-29-48(45-40-21-7-5-18-36(40)34-16-3-2-15-33(34)35-17-4-6-20-39(35)44(45)47)30-13-12-14-31(27-30)50-32-24-25-38-37-19-8-9-22-41(37)49(42(38)28-32)43-23-10-11-26-46-43;/h2-26H,1H3;/q-2;. The van der Waals surface area contributed by atoms with Gasteiger partial charge >= 0.3 is 0 Å². The van der Waals surface area contributed by atoms with Gasteiger partial charge in [-0.05, 0) is 57.0 Å². The zero-order valence-corrected chi connectivity index (χ0v) is 29.7. The van der Waals surface area contributed by atoms with Gasteiger partial charge in [-0.2, -0.15) is 18.2 Å². The first-order valence-corrected chi connectivity index (χ1v) is 16.6. The van der Waals surface area contributed by atoms with Crippen molar-refractivity contribution in [3.8, 4) is 67.8 Å². The van der Waals surface area contributed by atoms with E-state index in [0.29, 0.717) is 11.5 Å². The molecule has 0 amide bonds. The molecule has 6 aromatic carbocycles. The average Bonchev–Trinajstić information content (AvgIpc) is 3.69. The molecule has 1 aliphatic carbocycles. The Bertz CT molecular complexity index is 2760. The predicted octanol–water partition coefficient (Wildman–Crippen LogP) is 9.97. The fraction of sp³-hybridized carbons (Fsp3) is 0.0222. The molecular weight excluding hydrogens is 808 g/mol. The Balaban J connectivity index is 0.00000348. The van der Waals surface area contributed by atoms with Crippen molar-refractivity contribution in [1.82, 2.24) is 14.1 Å². The Kier molecular flexibility index (Phi) is 7.52. The van der Waals surface area contributed by atoms with Crippen LogP contribution < -0.4 is 9.30 Å². The molecule has 0 N–H and O–H groups in total. The van der Waals surface area contributed by atoms with Gasteiger partial charge in [-0.3, -0.25) is 0 Å². The first-order valence-electron chi connectivity index (χ1n) is 16.6. The summed E-state index contributed by atoms with van der Waals surface area (Å²) in [6.07, 6.45) is 5.43. The van der Waals surface area contributed by atoms with Gasteiger partial charge in [-0.25, -0.2) is 4.98 Å². The molecule has 5 nitrogen and oxygen atoms in total. The van der Waals surface area contributed by atoms with Crippen LogP contribution in [0.4, 0.5) is 0 Å². The average molecular weight is 836 g/mol. The number of benzene rings is 6. The molecule has 1 aliphatic rings. The van der Waals surface area contributed by atoms with E-state index in [0.717, 1.165) is 55.8 Å². The number of nitrogens with zero attached hydrogens (tertiary/aromatic N) is 4. The normalized spacial score (nSPS) is 11.5. The molecule has 0 fully saturated rings. The van der Waals surface area contributed by atoms with Crippen LogP contribution in [0.1, 0.15) is 0 Å². The van der Waals surface area contributed by atoms with Crippen molar-refractivity contribution in [2.24, 2.45) is 7.05 Å². The van der Waals surface area contributed by atoms with Crippen molar-refractivity contribution in [2.45, 2.75) is 0 Å². The van der Waals surface area contributed by atoms with Crippen LogP contribution in [0.2, 0.25) is 0 Å². The molecule has 3 heterocycles. The predicted molar refractivity (Wildman–Crippen MR) is 197 cm³/mol. The summed E-state index contributed by atoms with van der Waals surface area (Å²) >= 11 is 0. The van der Waals surface area contributed by atoms with Gasteiger partial charge in [0.05, 0.1) is 18.4 Å². The molecular formula is C45H28N4OPt-2. The molecule has 0 radical (unpaired) electrons. The van der Waals surface area contributed by atoms with Crippen molar-refractivity contribution >= 4 is 21.8 Å². The molecule has 0 bridgehead atoms. The Morgan fingerprint density at radius 1 is 0.569 bits per heavy atom. The van der Waals surface area contributed by atoms with Gasteiger partial charge in [-0.1, -0.05) is 108 Å². The summed E-state index contributed by atoms with van der Waals surface area (Å²) in [7, 11) is 2.06. The van der Waals surface area contributed by atoms with E-state index in [9.17, 15) is 0 Å². The molecule has 0 atom stereocenters. The molecule has 0 saturated carbocycles. The van der Waals surface area contributed by atoms with Gasteiger partial charge in [0.15, 0.2) is 0 Å². The quantitative estimate of drug-likeness (QED) is 0.131. The number of ether oxygens (including phenoxy) is 1. The number of pyridine rings is 1. The van der Waals surface area contributed by atoms with E-state index < -0.39 is 0 Å². The summed E-state index contributed by atoms with van der Waals surface area (Å²) in [5.74, 6) is 2.01. The van der Waals surface area contributed by atoms with Gasteiger partial charge in [-0.15, -0.1) is 29.7 Å². The molecule has 0 aliphatic heterocycles. The summed E-state index contributed by atoms with van der Waals surface area (Å²) in [5, 5.41) is 2.23. The zero-order chi connectivity index (χ0) is 33.2. The number of fused-ring (bicyclic) bond motifs is 11. The SMILES string of the molecule is C[n+]1[c-]n(-c2[c-]c(Oc3[c-]c4c(cc3)c3ccccc3n4-c3ccccn3)ccc2)c2c1-c1ccccc1-c1ccccc1-c1ccccc1-2.[Pt]. The third-order valence-corrected chi connectivity index (χ3v) is 9.55. The molecule has 6 heteroatoms. The number of rotatable bonds is 4. The maximum atomic E-state index is 6.52. The van der Waals surface area contributed by atoms with Gasteiger partial charge in [0.1, 0.15) is 5.82 Å². The van der Waals surface area contributed by atoms with Crippen molar-refractivity contribution < 1.29 is 30.4 Å². The van der Waals surface area contributed by atoms with Crippen molar-refractivity contribution in [1.29, 1.82) is 0 Å². The molecule has 0 spiro atoms. The second kappa shape index (κ2) is 12.4. The van der Waals surface area contributed by atoms with Gasteiger partial charge in [0.25, 0.3) is 0 Å². The third kappa shape index (κ3) is 4.96. The second-order valence-corrected chi connectivity index (χ2v) is 12.5. The fourth-order valence-electron chi connectivity index (χ4n) is 7.45. The summed E-state index contributed by atoms with van der Waals surface area (Å²) < 4.78 is 12.9. The van der Waals surface area contributed by atoms with Crippen LogP contribution >= 0.6 is 0 Å². The van der Waals surface area contributed by atoms with Crippen molar-refractivity contribution in [3.63, 3.8) is 0 Å². The van der Waals surface area contributed by atoms with E-state index in [1.165, 1.54) is 22.3 Å². The van der Waals surface area contributed by atoms with Crippen LogP contribution in [0.3, 0.4) is 0 Å². The minimum Gasteiger partial charge on any atom is -0.510 e. The van der Waals surface area contributed by atoms with E-state index in [-0.39, 0.29) is 21.1 Å². The van der Waals surface area contributed by atoms with E-state index >= 15 is 0 Å². The Morgan fingerprint density at radius 3 is 1.94 bits per heavy atom. The minimum absolute atomic E-state index is 0. The summed E-state index contributed by atoms with van der Waals surface area (Å²) in [6.45, 7) is 0. The molecule has 0 saturated heterocycles. The number of aromatic nitrogens is 4.